The van der Waals surface area contributed by atoms with Crippen LogP contribution in [-0.4, -0.2) is 48.2 Å². The molecule has 2 N–H and O–H groups in total. The van der Waals surface area contributed by atoms with E-state index in [0.29, 0.717) is 53.4 Å². The average molecular weight is 458 g/mol. The van der Waals surface area contributed by atoms with Crippen molar-refractivity contribution in [3.05, 3.63) is 94.6 Å². The molecule has 1 aliphatic rings. The third-order valence-electron chi connectivity index (χ3n) is 5.71. The van der Waals surface area contributed by atoms with E-state index in [-0.39, 0.29) is 17.3 Å². The molecule has 3 aromatic carbocycles. The highest BCUT2D eigenvalue weighted by Gasteiger charge is 2.26. The molecule has 0 unspecified atom stereocenters. The molecule has 0 aromatic heterocycles. The first-order valence-electron chi connectivity index (χ1n) is 10.9. The summed E-state index contributed by atoms with van der Waals surface area (Å²) in [4.78, 5) is 15.6. The van der Waals surface area contributed by atoms with E-state index in [9.17, 15) is 15.0 Å². The number of ether oxygens (including phenoxy) is 2. The van der Waals surface area contributed by atoms with Crippen molar-refractivity contribution in [3.63, 3.8) is 0 Å². The zero-order chi connectivity index (χ0) is 24.1. The lowest BCUT2D eigenvalue weighted by Gasteiger charge is -2.30. The molecule has 174 valence electrons. The van der Waals surface area contributed by atoms with E-state index in [1.54, 1.807) is 48.6 Å². The monoisotopic (exact) mass is 457 g/mol. The molecule has 0 atom stereocenters. The number of rotatable bonds is 6. The van der Waals surface area contributed by atoms with E-state index >= 15 is 0 Å². The van der Waals surface area contributed by atoms with Crippen LogP contribution >= 0.6 is 0 Å². The van der Waals surface area contributed by atoms with Crippen LogP contribution in [0.25, 0.3) is 12.2 Å². The van der Waals surface area contributed by atoms with Crippen LogP contribution in [0.15, 0.2) is 77.9 Å². The van der Waals surface area contributed by atoms with Gasteiger partial charge in [0.25, 0.3) is 0 Å². The average Bonchev–Trinajstić information content (AvgIpc) is 2.83. The Morgan fingerprint density at radius 2 is 1.29 bits per heavy atom. The summed E-state index contributed by atoms with van der Waals surface area (Å²) in [6.45, 7) is 1.64. The molecule has 1 saturated heterocycles. The second-order valence-corrected chi connectivity index (χ2v) is 8.16. The molecule has 1 heterocycles. The molecule has 0 radical (unpaired) electrons. The van der Waals surface area contributed by atoms with Gasteiger partial charge in [0.05, 0.1) is 14.2 Å². The van der Waals surface area contributed by atoms with Crippen molar-refractivity contribution in [1.29, 1.82) is 0 Å². The van der Waals surface area contributed by atoms with E-state index in [1.165, 1.54) is 14.2 Å². The van der Waals surface area contributed by atoms with Crippen LogP contribution in [0.3, 0.4) is 0 Å². The second-order valence-electron chi connectivity index (χ2n) is 8.16. The maximum absolute atomic E-state index is 13.4. The number of piperidine rings is 1. The SMILES string of the molecule is COc1ccc(/C=C2/CN(Cc3ccccc3)C/C(=C/c3ccc(OC)c(O)c3)C2=O)cc1O. The number of phenolic OH excluding ortho intramolecular Hbond substituents is 2. The van der Waals surface area contributed by atoms with Gasteiger partial charge in [-0.15, -0.1) is 0 Å². The van der Waals surface area contributed by atoms with Gasteiger partial charge in [-0.05, 0) is 53.1 Å². The van der Waals surface area contributed by atoms with Gasteiger partial charge in [0.15, 0.2) is 28.8 Å². The highest BCUT2D eigenvalue weighted by Crippen LogP contribution is 2.30. The number of aromatic hydroxyl groups is 2. The summed E-state index contributed by atoms with van der Waals surface area (Å²) in [5.74, 6) is 0.733. The smallest absolute Gasteiger partial charge is 0.187 e. The van der Waals surface area contributed by atoms with Crippen LogP contribution in [0.2, 0.25) is 0 Å². The fraction of sp³-hybridized carbons (Fsp3) is 0.179. The Bertz CT molecular complexity index is 1170. The van der Waals surface area contributed by atoms with Crippen molar-refractivity contribution in [2.75, 3.05) is 27.3 Å². The van der Waals surface area contributed by atoms with Gasteiger partial charge >= 0.3 is 0 Å². The van der Waals surface area contributed by atoms with Crippen molar-refractivity contribution in [1.82, 2.24) is 4.90 Å². The molecular weight excluding hydrogens is 430 g/mol. The fourth-order valence-corrected chi connectivity index (χ4v) is 4.06. The Balaban J connectivity index is 1.69. The quantitative estimate of drug-likeness (QED) is 0.524. The number of likely N-dealkylation sites (tertiary alicyclic amines) is 1. The summed E-state index contributed by atoms with van der Waals surface area (Å²) in [6, 6.07) is 20.2. The third kappa shape index (κ3) is 5.30. The van der Waals surface area contributed by atoms with E-state index in [2.05, 4.69) is 17.0 Å². The molecule has 0 amide bonds. The number of carbonyl (C=O) groups excluding carboxylic acids is 1. The van der Waals surface area contributed by atoms with Gasteiger partial charge in [0, 0.05) is 30.8 Å². The number of carbonyl (C=O) groups is 1. The van der Waals surface area contributed by atoms with Crippen LogP contribution in [0, 0.1) is 0 Å². The number of nitrogens with zero attached hydrogens (tertiary/aromatic N) is 1. The normalized spacial score (nSPS) is 16.7. The van der Waals surface area contributed by atoms with Gasteiger partial charge in [0.1, 0.15) is 0 Å². The molecule has 0 spiro atoms. The largest absolute Gasteiger partial charge is 0.504 e. The van der Waals surface area contributed by atoms with Gasteiger partial charge in [-0.25, -0.2) is 0 Å². The predicted octanol–water partition coefficient (Wildman–Crippen LogP) is 4.67. The van der Waals surface area contributed by atoms with Gasteiger partial charge in [0.2, 0.25) is 0 Å². The Hall–Kier alpha value is -4.03. The second kappa shape index (κ2) is 10.3. The minimum absolute atomic E-state index is 0.0192. The van der Waals surface area contributed by atoms with Gasteiger partial charge in [-0.3, -0.25) is 9.69 Å². The maximum atomic E-state index is 13.4. The van der Waals surface area contributed by atoms with Gasteiger partial charge < -0.3 is 19.7 Å². The topological polar surface area (TPSA) is 79.2 Å². The molecule has 6 nitrogen and oxygen atoms in total. The summed E-state index contributed by atoms with van der Waals surface area (Å²) in [7, 11) is 2.99. The van der Waals surface area contributed by atoms with Crippen molar-refractivity contribution >= 4 is 17.9 Å². The van der Waals surface area contributed by atoms with Crippen LogP contribution in [-0.2, 0) is 11.3 Å². The first-order chi connectivity index (χ1) is 16.5. The first kappa shape index (κ1) is 23.1. The molecule has 1 aliphatic heterocycles. The van der Waals surface area contributed by atoms with Crippen LogP contribution in [0.5, 0.6) is 23.0 Å². The number of Topliss-reactive ketones (excluding diaryl/α,β-unsaturated/α-hetero) is 1. The Morgan fingerprint density at radius 3 is 1.74 bits per heavy atom. The van der Waals surface area contributed by atoms with E-state index < -0.39 is 0 Å². The lowest BCUT2D eigenvalue weighted by atomic mass is 9.93. The lowest BCUT2D eigenvalue weighted by Crippen LogP contribution is -2.37. The zero-order valence-corrected chi connectivity index (χ0v) is 19.2. The minimum atomic E-state index is -0.0603. The standard InChI is InChI=1S/C28H27NO5/c1-33-26-10-8-20(14-24(26)30)12-22-17-29(16-19-6-4-3-5-7-19)18-23(28(22)32)13-21-9-11-27(34-2)25(31)15-21/h3-15,30-31H,16-18H2,1-2H3/b22-12-,23-13-. The molecule has 34 heavy (non-hydrogen) atoms. The van der Waals surface area contributed by atoms with Crippen LogP contribution in [0.1, 0.15) is 16.7 Å². The Kier molecular flexibility index (Phi) is 6.99. The van der Waals surface area contributed by atoms with Gasteiger partial charge in [-0.1, -0.05) is 42.5 Å². The number of ketones is 1. The number of methoxy groups -OCH3 is 2. The van der Waals surface area contributed by atoms with E-state index in [0.717, 1.165) is 5.56 Å². The molecule has 6 heteroatoms. The van der Waals surface area contributed by atoms with Crippen molar-refractivity contribution in [3.8, 4) is 23.0 Å². The first-order valence-corrected chi connectivity index (χ1v) is 10.9. The Morgan fingerprint density at radius 1 is 0.794 bits per heavy atom. The lowest BCUT2D eigenvalue weighted by molar-refractivity contribution is -0.113. The molecule has 4 rings (SSSR count). The van der Waals surface area contributed by atoms with Crippen molar-refractivity contribution < 1.29 is 24.5 Å². The summed E-state index contributed by atoms with van der Waals surface area (Å²) < 4.78 is 10.2. The summed E-state index contributed by atoms with van der Waals surface area (Å²) in [5.41, 5.74) is 3.82. The summed E-state index contributed by atoms with van der Waals surface area (Å²) >= 11 is 0. The number of hydrogen-bond donors (Lipinski definition) is 2. The molecule has 0 aliphatic carbocycles. The summed E-state index contributed by atoms with van der Waals surface area (Å²) in [6.07, 6.45) is 3.61. The Labute approximate surface area is 199 Å². The fourth-order valence-electron chi connectivity index (χ4n) is 4.06. The number of phenols is 2. The van der Waals surface area contributed by atoms with Crippen LogP contribution in [0.4, 0.5) is 0 Å². The van der Waals surface area contributed by atoms with Crippen LogP contribution < -0.4 is 9.47 Å². The number of hydrogen-bond acceptors (Lipinski definition) is 6. The summed E-state index contributed by atoms with van der Waals surface area (Å²) in [5, 5.41) is 20.3. The minimum Gasteiger partial charge on any atom is -0.504 e. The molecule has 0 bridgehead atoms. The molecule has 3 aromatic rings. The van der Waals surface area contributed by atoms with Gasteiger partial charge in [-0.2, -0.15) is 0 Å². The highest BCUT2D eigenvalue weighted by molar-refractivity contribution is 6.14. The van der Waals surface area contributed by atoms with Crippen molar-refractivity contribution in [2.24, 2.45) is 0 Å². The van der Waals surface area contributed by atoms with E-state index in [4.69, 9.17) is 9.47 Å². The molecular formula is C28H27NO5. The van der Waals surface area contributed by atoms with Crippen molar-refractivity contribution in [2.45, 2.75) is 6.54 Å². The zero-order valence-electron chi connectivity index (χ0n) is 19.2. The maximum Gasteiger partial charge on any atom is 0.187 e. The number of benzene rings is 3. The van der Waals surface area contributed by atoms with E-state index in [1.807, 2.05) is 18.2 Å². The molecule has 1 fully saturated rings. The predicted molar refractivity (Wildman–Crippen MR) is 132 cm³/mol. The third-order valence-corrected chi connectivity index (χ3v) is 5.71. The highest BCUT2D eigenvalue weighted by atomic mass is 16.5. The molecule has 0 saturated carbocycles.